The topological polar surface area (TPSA) is 66.6 Å². The summed E-state index contributed by atoms with van der Waals surface area (Å²) in [5, 5.41) is 9.48. The summed E-state index contributed by atoms with van der Waals surface area (Å²) in [6, 6.07) is 4.62. The Labute approximate surface area is 102 Å². The Morgan fingerprint density at radius 1 is 1.41 bits per heavy atom. The standard InChI is InChI=1S/C13H20N2O2/c1-3-5-8-15(4-2)13(17)10-6-7-11(14)12(16)9-10/h6-7,9,16H,3-5,8,14H2,1-2H3. The van der Waals surface area contributed by atoms with Crippen molar-refractivity contribution < 1.29 is 9.90 Å². The van der Waals surface area contributed by atoms with E-state index < -0.39 is 0 Å². The van der Waals surface area contributed by atoms with Crippen LogP contribution in [0.1, 0.15) is 37.0 Å². The van der Waals surface area contributed by atoms with Crippen molar-refractivity contribution in [1.29, 1.82) is 0 Å². The first-order valence-corrected chi connectivity index (χ1v) is 5.97. The minimum absolute atomic E-state index is 0.0394. The number of rotatable bonds is 5. The summed E-state index contributed by atoms with van der Waals surface area (Å²) < 4.78 is 0. The van der Waals surface area contributed by atoms with Gasteiger partial charge in [0.15, 0.2) is 0 Å². The molecule has 0 saturated carbocycles. The van der Waals surface area contributed by atoms with E-state index in [0.717, 1.165) is 19.4 Å². The van der Waals surface area contributed by atoms with Gasteiger partial charge < -0.3 is 15.7 Å². The van der Waals surface area contributed by atoms with Crippen molar-refractivity contribution in [2.24, 2.45) is 0 Å². The molecule has 0 aliphatic heterocycles. The molecule has 0 aliphatic carbocycles. The van der Waals surface area contributed by atoms with Crippen LogP contribution in [-0.2, 0) is 0 Å². The maximum Gasteiger partial charge on any atom is 0.253 e. The second-order valence-electron chi connectivity index (χ2n) is 4.01. The lowest BCUT2D eigenvalue weighted by molar-refractivity contribution is 0.0762. The highest BCUT2D eigenvalue weighted by atomic mass is 16.3. The minimum Gasteiger partial charge on any atom is -0.506 e. The predicted molar refractivity (Wildman–Crippen MR) is 69.0 cm³/mol. The van der Waals surface area contributed by atoms with Crippen molar-refractivity contribution in [3.8, 4) is 5.75 Å². The molecule has 1 amide bonds. The number of hydrogen-bond donors (Lipinski definition) is 2. The van der Waals surface area contributed by atoms with Gasteiger partial charge in [-0.1, -0.05) is 13.3 Å². The SMILES string of the molecule is CCCCN(CC)C(=O)c1ccc(N)c(O)c1. The van der Waals surface area contributed by atoms with Gasteiger partial charge in [-0.2, -0.15) is 0 Å². The first kappa shape index (κ1) is 13.4. The van der Waals surface area contributed by atoms with Crippen molar-refractivity contribution in [2.45, 2.75) is 26.7 Å². The van der Waals surface area contributed by atoms with E-state index >= 15 is 0 Å². The highest BCUT2D eigenvalue weighted by Crippen LogP contribution is 2.21. The number of phenols is 1. The molecule has 4 nitrogen and oxygen atoms in total. The number of aromatic hydroxyl groups is 1. The molecule has 0 aromatic heterocycles. The Kier molecular flexibility index (Phi) is 4.82. The van der Waals surface area contributed by atoms with E-state index in [-0.39, 0.29) is 17.3 Å². The molecule has 1 aromatic rings. The molecule has 4 heteroatoms. The van der Waals surface area contributed by atoms with Crippen LogP contribution in [0.3, 0.4) is 0 Å². The van der Waals surface area contributed by atoms with Crippen molar-refractivity contribution in [3.05, 3.63) is 23.8 Å². The van der Waals surface area contributed by atoms with Gasteiger partial charge in [-0.25, -0.2) is 0 Å². The fraction of sp³-hybridized carbons (Fsp3) is 0.462. The molecule has 0 atom stereocenters. The van der Waals surface area contributed by atoms with Crippen LogP contribution in [0.25, 0.3) is 0 Å². The number of amides is 1. The Balaban J connectivity index is 2.82. The third kappa shape index (κ3) is 3.37. The quantitative estimate of drug-likeness (QED) is 0.608. The van der Waals surface area contributed by atoms with Crippen LogP contribution >= 0.6 is 0 Å². The Hall–Kier alpha value is -1.71. The molecule has 0 heterocycles. The van der Waals surface area contributed by atoms with Gasteiger partial charge >= 0.3 is 0 Å². The van der Waals surface area contributed by atoms with Gasteiger partial charge in [-0.3, -0.25) is 4.79 Å². The number of nitrogen functional groups attached to an aromatic ring is 1. The second-order valence-corrected chi connectivity index (χ2v) is 4.01. The number of anilines is 1. The second kappa shape index (κ2) is 6.13. The summed E-state index contributed by atoms with van der Waals surface area (Å²) in [5.74, 6) is -0.0985. The average Bonchev–Trinajstić information content (AvgIpc) is 2.33. The van der Waals surface area contributed by atoms with E-state index in [1.807, 2.05) is 6.92 Å². The van der Waals surface area contributed by atoms with E-state index in [2.05, 4.69) is 6.92 Å². The average molecular weight is 236 g/mol. The normalized spacial score (nSPS) is 10.2. The largest absolute Gasteiger partial charge is 0.506 e. The zero-order valence-electron chi connectivity index (χ0n) is 10.4. The molecule has 0 unspecified atom stereocenters. The minimum atomic E-state index is -0.0590. The molecule has 0 radical (unpaired) electrons. The Morgan fingerprint density at radius 2 is 2.12 bits per heavy atom. The van der Waals surface area contributed by atoms with Crippen LogP contribution < -0.4 is 5.73 Å². The van der Waals surface area contributed by atoms with E-state index in [1.165, 1.54) is 6.07 Å². The highest BCUT2D eigenvalue weighted by Gasteiger charge is 2.14. The Bertz CT molecular complexity index is 391. The first-order chi connectivity index (χ1) is 8.10. The zero-order valence-corrected chi connectivity index (χ0v) is 10.4. The van der Waals surface area contributed by atoms with Gasteiger partial charge in [0, 0.05) is 18.7 Å². The third-order valence-electron chi connectivity index (χ3n) is 2.73. The van der Waals surface area contributed by atoms with Gasteiger partial charge in [0.25, 0.3) is 5.91 Å². The summed E-state index contributed by atoms with van der Waals surface area (Å²) in [7, 11) is 0. The number of carbonyl (C=O) groups is 1. The van der Waals surface area contributed by atoms with Crippen molar-refractivity contribution in [3.63, 3.8) is 0 Å². The van der Waals surface area contributed by atoms with E-state index in [9.17, 15) is 9.90 Å². The van der Waals surface area contributed by atoms with Gasteiger partial charge in [0.2, 0.25) is 0 Å². The number of carbonyl (C=O) groups excluding carboxylic acids is 1. The highest BCUT2D eigenvalue weighted by molar-refractivity contribution is 5.95. The van der Waals surface area contributed by atoms with Crippen LogP contribution in [0.5, 0.6) is 5.75 Å². The van der Waals surface area contributed by atoms with Gasteiger partial charge in [-0.15, -0.1) is 0 Å². The summed E-state index contributed by atoms with van der Waals surface area (Å²) in [6.45, 7) is 5.46. The van der Waals surface area contributed by atoms with Crippen LogP contribution in [0, 0.1) is 0 Å². The molecule has 1 rings (SSSR count). The van der Waals surface area contributed by atoms with Crippen LogP contribution in [0.2, 0.25) is 0 Å². The molecule has 1 aromatic carbocycles. The summed E-state index contributed by atoms with van der Waals surface area (Å²) in [4.78, 5) is 13.9. The van der Waals surface area contributed by atoms with Crippen LogP contribution in [-0.4, -0.2) is 29.0 Å². The lowest BCUT2D eigenvalue weighted by atomic mass is 10.1. The maximum absolute atomic E-state index is 12.1. The molecule has 0 fully saturated rings. The zero-order chi connectivity index (χ0) is 12.8. The van der Waals surface area contributed by atoms with Gasteiger partial charge in [-0.05, 0) is 31.5 Å². The van der Waals surface area contributed by atoms with Crippen molar-refractivity contribution in [1.82, 2.24) is 4.90 Å². The fourth-order valence-electron chi connectivity index (χ4n) is 1.61. The smallest absolute Gasteiger partial charge is 0.253 e. The van der Waals surface area contributed by atoms with E-state index in [0.29, 0.717) is 12.1 Å². The molecule has 17 heavy (non-hydrogen) atoms. The molecule has 3 N–H and O–H groups in total. The third-order valence-corrected chi connectivity index (χ3v) is 2.73. The number of phenolic OH excluding ortho intramolecular Hbond substituents is 1. The van der Waals surface area contributed by atoms with Crippen molar-refractivity contribution in [2.75, 3.05) is 18.8 Å². The molecular weight excluding hydrogens is 216 g/mol. The van der Waals surface area contributed by atoms with E-state index in [1.54, 1.807) is 17.0 Å². The lowest BCUT2D eigenvalue weighted by Gasteiger charge is -2.20. The van der Waals surface area contributed by atoms with Crippen molar-refractivity contribution >= 4 is 11.6 Å². The van der Waals surface area contributed by atoms with E-state index in [4.69, 9.17) is 5.73 Å². The maximum atomic E-state index is 12.1. The summed E-state index contributed by atoms with van der Waals surface area (Å²) >= 11 is 0. The Morgan fingerprint density at radius 3 is 2.65 bits per heavy atom. The van der Waals surface area contributed by atoms with Gasteiger partial charge in [0.05, 0.1) is 5.69 Å². The summed E-state index contributed by atoms with van der Waals surface area (Å²) in [5.41, 5.74) is 6.27. The molecule has 94 valence electrons. The first-order valence-electron chi connectivity index (χ1n) is 5.97. The number of unbranched alkanes of at least 4 members (excludes halogenated alkanes) is 1. The number of benzene rings is 1. The fourth-order valence-corrected chi connectivity index (χ4v) is 1.61. The molecule has 0 bridgehead atoms. The number of hydrogen-bond acceptors (Lipinski definition) is 3. The molecule has 0 spiro atoms. The lowest BCUT2D eigenvalue weighted by Crippen LogP contribution is -2.31. The number of nitrogens with zero attached hydrogens (tertiary/aromatic N) is 1. The van der Waals surface area contributed by atoms with Gasteiger partial charge in [0.1, 0.15) is 5.75 Å². The molecular formula is C13H20N2O2. The molecule has 0 aliphatic rings. The number of nitrogens with two attached hydrogens (primary N) is 1. The predicted octanol–water partition coefficient (Wildman–Crippen LogP) is 2.24. The summed E-state index contributed by atoms with van der Waals surface area (Å²) in [6.07, 6.45) is 2.04. The van der Waals surface area contributed by atoms with Crippen LogP contribution in [0.15, 0.2) is 18.2 Å². The van der Waals surface area contributed by atoms with Crippen LogP contribution in [0.4, 0.5) is 5.69 Å². The monoisotopic (exact) mass is 236 g/mol. The molecule has 0 saturated heterocycles.